The van der Waals surface area contributed by atoms with Crippen LogP contribution in [0.5, 0.6) is 0 Å². The first-order chi connectivity index (χ1) is 12.6. The number of ether oxygens (including phenoxy) is 1. The number of aliphatic carboxylic acids is 1. The third kappa shape index (κ3) is 4.45. The molecule has 0 amide bonds. The van der Waals surface area contributed by atoms with E-state index < -0.39 is 5.97 Å². The fourth-order valence-corrected chi connectivity index (χ4v) is 5.43. The van der Waals surface area contributed by atoms with Crippen LogP contribution < -0.4 is 0 Å². The number of esters is 1. The highest BCUT2D eigenvalue weighted by Crippen LogP contribution is 2.62. The Hall–Kier alpha value is -1.62. The lowest BCUT2D eigenvalue weighted by Gasteiger charge is -2.57. The zero-order chi connectivity index (χ0) is 20.2. The number of carboxylic acid groups (broad SMARTS) is 1. The van der Waals surface area contributed by atoms with Crippen molar-refractivity contribution < 1.29 is 24.5 Å². The van der Waals surface area contributed by atoms with Crippen LogP contribution in [0.1, 0.15) is 66.2 Å². The van der Waals surface area contributed by atoms with E-state index in [1.54, 1.807) is 6.08 Å². The molecule has 0 aromatic carbocycles. The van der Waals surface area contributed by atoms with Crippen molar-refractivity contribution in [3.63, 3.8) is 0 Å². The van der Waals surface area contributed by atoms with E-state index in [1.165, 1.54) is 6.92 Å². The van der Waals surface area contributed by atoms with E-state index in [-0.39, 0.29) is 30.0 Å². The summed E-state index contributed by atoms with van der Waals surface area (Å²) in [6.45, 7) is 8.23. The minimum absolute atomic E-state index is 0.00668. The van der Waals surface area contributed by atoms with Gasteiger partial charge in [0.2, 0.25) is 0 Å². The van der Waals surface area contributed by atoms with Crippen molar-refractivity contribution in [2.45, 2.75) is 66.2 Å². The highest BCUT2D eigenvalue weighted by molar-refractivity contribution is 5.88. The molecule has 5 heteroatoms. The van der Waals surface area contributed by atoms with Crippen LogP contribution in [0.4, 0.5) is 0 Å². The summed E-state index contributed by atoms with van der Waals surface area (Å²) < 4.78 is 5.13. The Balaban J connectivity index is 2.22. The van der Waals surface area contributed by atoms with Gasteiger partial charge in [-0.05, 0) is 61.3 Å². The molecule has 2 aliphatic carbocycles. The molecule has 0 radical (unpaired) electrons. The van der Waals surface area contributed by atoms with Gasteiger partial charge in [-0.1, -0.05) is 32.9 Å². The molecule has 0 saturated heterocycles. The van der Waals surface area contributed by atoms with Gasteiger partial charge in [-0.2, -0.15) is 0 Å². The van der Waals surface area contributed by atoms with Gasteiger partial charge in [0.15, 0.2) is 0 Å². The summed E-state index contributed by atoms with van der Waals surface area (Å²) in [6, 6.07) is 0. The van der Waals surface area contributed by atoms with E-state index in [9.17, 15) is 19.8 Å². The second-order valence-electron chi connectivity index (χ2n) is 8.74. The second-order valence-corrected chi connectivity index (χ2v) is 8.74. The molecule has 0 bridgehead atoms. The monoisotopic (exact) mass is 378 g/mol. The summed E-state index contributed by atoms with van der Waals surface area (Å²) in [7, 11) is 0. The number of carbonyl (C=O) groups is 2. The van der Waals surface area contributed by atoms with E-state index in [0.29, 0.717) is 17.4 Å². The fourth-order valence-electron chi connectivity index (χ4n) is 5.43. The van der Waals surface area contributed by atoms with Crippen molar-refractivity contribution in [3.05, 3.63) is 23.3 Å². The van der Waals surface area contributed by atoms with Crippen molar-refractivity contribution in [2.24, 2.45) is 22.7 Å². The molecular weight excluding hydrogens is 344 g/mol. The fraction of sp³-hybridized carbons (Fsp3) is 0.727. The average Bonchev–Trinajstić information content (AvgIpc) is 2.60. The number of rotatable bonds is 7. The number of carbonyl (C=O) groups excluding carboxylic acids is 1. The topological polar surface area (TPSA) is 83.8 Å². The van der Waals surface area contributed by atoms with E-state index in [4.69, 9.17) is 4.74 Å². The third-order valence-corrected chi connectivity index (χ3v) is 7.26. The number of allylic oxidation sites excluding steroid dienone is 1. The molecule has 0 heterocycles. The molecule has 2 rings (SSSR count). The standard InChI is InChI=1S/C22H34O5/c1-15-8-11-22(4)18(20(25)26)6-5-7-19(22)21(15,3)12-9-17(10-13-23)14-27-16(2)24/h6,10,15,19,23H,5,7-9,11-14H2,1-4H3,(H,25,26)/b17-10-/t15-,19-,21+,22-/m0/s1. The summed E-state index contributed by atoms with van der Waals surface area (Å²) in [6.07, 6.45) is 9.04. The minimum Gasteiger partial charge on any atom is -0.478 e. The predicted octanol–water partition coefficient (Wildman–Crippen LogP) is 4.11. The van der Waals surface area contributed by atoms with Crippen LogP contribution >= 0.6 is 0 Å². The normalized spacial score (nSPS) is 33.8. The number of hydrogen-bond donors (Lipinski definition) is 2. The summed E-state index contributed by atoms with van der Waals surface area (Å²) in [5.74, 6) is -0.302. The van der Waals surface area contributed by atoms with Gasteiger partial charge in [0, 0.05) is 17.9 Å². The van der Waals surface area contributed by atoms with Crippen LogP contribution in [0.2, 0.25) is 0 Å². The Kier molecular flexibility index (Phi) is 6.90. The average molecular weight is 379 g/mol. The number of carboxylic acids is 1. The van der Waals surface area contributed by atoms with Gasteiger partial charge in [-0.15, -0.1) is 0 Å². The maximum Gasteiger partial charge on any atom is 0.331 e. The quantitative estimate of drug-likeness (QED) is 0.514. The largest absolute Gasteiger partial charge is 0.478 e. The van der Waals surface area contributed by atoms with Gasteiger partial charge < -0.3 is 14.9 Å². The molecule has 27 heavy (non-hydrogen) atoms. The summed E-state index contributed by atoms with van der Waals surface area (Å²) in [4.78, 5) is 23.0. The molecular formula is C22H34O5. The van der Waals surface area contributed by atoms with Crippen molar-refractivity contribution in [2.75, 3.05) is 13.2 Å². The maximum absolute atomic E-state index is 11.9. The first kappa shape index (κ1) is 21.7. The molecule has 1 fully saturated rings. The highest BCUT2D eigenvalue weighted by Gasteiger charge is 2.55. The molecule has 2 aliphatic rings. The smallest absolute Gasteiger partial charge is 0.331 e. The Labute approximate surface area is 162 Å². The number of fused-ring (bicyclic) bond motifs is 1. The van der Waals surface area contributed by atoms with Gasteiger partial charge in [0.25, 0.3) is 0 Å². The zero-order valence-electron chi connectivity index (χ0n) is 17.1. The van der Waals surface area contributed by atoms with E-state index in [1.807, 2.05) is 6.08 Å². The Morgan fingerprint density at radius 3 is 2.63 bits per heavy atom. The third-order valence-electron chi connectivity index (χ3n) is 7.26. The lowest BCUT2D eigenvalue weighted by atomic mass is 9.46. The zero-order valence-corrected chi connectivity index (χ0v) is 17.1. The number of aliphatic hydroxyl groups excluding tert-OH is 1. The number of aliphatic hydroxyl groups is 1. The minimum atomic E-state index is -0.783. The van der Waals surface area contributed by atoms with Crippen molar-refractivity contribution in [1.82, 2.24) is 0 Å². The van der Waals surface area contributed by atoms with Crippen LogP contribution in [0, 0.1) is 22.7 Å². The molecule has 2 N–H and O–H groups in total. The molecule has 152 valence electrons. The first-order valence-electron chi connectivity index (χ1n) is 10.0. The van der Waals surface area contributed by atoms with Crippen LogP contribution in [0.25, 0.3) is 0 Å². The molecule has 0 unspecified atom stereocenters. The van der Waals surface area contributed by atoms with Gasteiger partial charge >= 0.3 is 11.9 Å². The second kappa shape index (κ2) is 8.59. The lowest BCUT2D eigenvalue weighted by Crippen LogP contribution is -2.51. The predicted molar refractivity (Wildman–Crippen MR) is 104 cm³/mol. The van der Waals surface area contributed by atoms with E-state index >= 15 is 0 Å². The highest BCUT2D eigenvalue weighted by atomic mass is 16.5. The molecule has 1 saturated carbocycles. The van der Waals surface area contributed by atoms with Crippen molar-refractivity contribution in [1.29, 1.82) is 0 Å². The van der Waals surface area contributed by atoms with Gasteiger partial charge in [-0.25, -0.2) is 4.79 Å². The van der Waals surface area contributed by atoms with Crippen molar-refractivity contribution >= 4 is 11.9 Å². The Bertz CT molecular complexity index is 635. The number of hydrogen-bond acceptors (Lipinski definition) is 4. The molecule has 0 aromatic rings. The molecule has 0 aliphatic heterocycles. The molecule has 5 nitrogen and oxygen atoms in total. The van der Waals surface area contributed by atoms with Crippen LogP contribution in [0.3, 0.4) is 0 Å². The summed E-state index contributed by atoms with van der Waals surface area (Å²) in [5.41, 5.74) is 1.23. The maximum atomic E-state index is 11.9. The Morgan fingerprint density at radius 1 is 1.33 bits per heavy atom. The SMILES string of the molecule is CC(=O)OC/C(=C\CO)CC[C@]1(C)[C@@H](C)CC[C@@]2(C)C(C(=O)O)=CCC[C@@H]12. The molecule has 0 spiro atoms. The lowest BCUT2D eigenvalue weighted by molar-refractivity contribution is -0.140. The van der Waals surface area contributed by atoms with Gasteiger partial charge in [0.1, 0.15) is 6.61 Å². The van der Waals surface area contributed by atoms with Crippen LogP contribution in [-0.2, 0) is 14.3 Å². The van der Waals surface area contributed by atoms with Gasteiger partial charge in [-0.3, -0.25) is 4.79 Å². The van der Waals surface area contributed by atoms with E-state index in [0.717, 1.165) is 44.1 Å². The van der Waals surface area contributed by atoms with E-state index in [2.05, 4.69) is 20.8 Å². The summed E-state index contributed by atoms with van der Waals surface area (Å²) >= 11 is 0. The van der Waals surface area contributed by atoms with Gasteiger partial charge in [0.05, 0.1) is 6.61 Å². The van der Waals surface area contributed by atoms with Crippen LogP contribution in [0.15, 0.2) is 23.3 Å². The molecule has 4 atom stereocenters. The summed E-state index contributed by atoms with van der Waals surface area (Å²) in [5, 5.41) is 19.0. The molecule has 0 aromatic heterocycles. The first-order valence-corrected chi connectivity index (χ1v) is 10.0. The Morgan fingerprint density at radius 2 is 2.04 bits per heavy atom. The van der Waals surface area contributed by atoms with Crippen LogP contribution in [-0.4, -0.2) is 35.4 Å². The van der Waals surface area contributed by atoms with Crippen molar-refractivity contribution in [3.8, 4) is 0 Å².